The Morgan fingerprint density at radius 2 is 2.03 bits per heavy atom. The molecule has 0 aliphatic carbocycles. The van der Waals surface area contributed by atoms with Gasteiger partial charge in [-0.1, -0.05) is 13.5 Å². The summed E-state index contributed by atoms with van der Waals surface area (Å²) in [4.78, 5) is 32.4. The number of piperidine rings is 1. The van der Waals surface area contributed by atoms with Crippen molar-refractivity contribution in [1.29, 1.82) is 5.26 Å². The summed E-state index contributed by atoms with van der Waals surface area (Å²) in [5, 5.41) is 28.8. The molecule has 0 spiro atoms. The number of hydrogen-bond donors (Lipinski definition) is 4. The molecule has 0 radical (unpaired) electrons. The van der Waals surface area contributed by atoms with E-state index in [2.05, 4.69) is 33.6 Å². The van der Waals surface area contributed by atoms with E-state index in [4.69, 9.17) is 0 Å². The van der Waals surface area contributed by atoms with E-state index in [1.54, 1.807) is 48.0 Å². The van der Waals surface area contributed by atoms with Crippen molar-refractivity contribution in [2.75, 3.05) is 32.0 Å². The molecule has 0 bridgehead atoms. The normalized spacial score (nSPS) is 18.2. The molecule has 1 atom stereocenters. The van der Waals surface area contributed by atoms with Gasteiger partial charge >= 0.3 is 6.03 Å². The highest BCUT2D eigenvalue weighted by Crippen LogP contribution is 2.30. The smallest absolute Gasteiger partial charge is 0.314 e. The van der Waals surface area contributed by atoms with Gasteiger partial charge in [0.25, 0.3) is 0 Å². The number of nitrogens with one attached hydrogen (secondary N) is 3. The van der Waals surface area contributed by atoms with Crippen LogP contribution in [0.2, 0.25) is 0 Å². The van der Waals surface area contributed by atoms with Gasteiger partial charge in [0.1, 0.15) is 18.6 Å². The number of allylic oxidation sites excluding steroid dienone is 1. The number of carbonyl (C=O) groups is 2. The van der Waals surface area contributed by atoms with Crippen molar-refractivity contribution < 1.29 is 14.7 Å². The average Bonchev–Trinajstić information content (AvgIpc) is 2.86. The number of nitrogens with zero attached hydrogens (tertiary/aromatic N) is 4. The maximum atomic E-state index is 12.9. The molecule has 2 aliphatic rings. The predicted molar refractivity (Wildman–Crippen MR) is 135 cm³/mol. The predicted octanol–water partition coefficient (Wildman–Crippen LogP) is 2.21. The topological polar surface area (TPSA) is 133 Å². The van der Waals surface area contributed by atoms with Crippen LogP contribution >= 0.6 is 0 Å². The summed E-state index contributed by atoms with van der Waals surface area (Å²) in [6.45, 7) is 8.79. The van der Waals surface area contributed by atoms with Crippen molar-refractivity contribution in [3.63, 3.8) is 0 Å². The lowest BCUT2D eigenvalue weighted by molar-refractivity contribution is -0.134. The van der Waals surface area contributed by atoms with E-state index in [1.807, 2.05) is 6.92 Å². The number of nitriles is 1. The fraction of sp³-hybridized carbons (Fsp3) is 0.440. The van der Waals surface area contributed by atoms with Gasteiger partial charge in [-0.3, -0.25) is 4.79 Å². The zero-order chi connectivity index (χ0) is 25.5. The Morgan fingerprint density at radius 3 is 2.63 bits per heavy atom. The highest BCUT2D eigenvalue weighted by Gasteiger charge is 2.29. The quantitative estimate of drug-likeness (QED) is 0.474. The molecule has 10 heteroatoms. The first kappa shape index (κ1) is 25.8. The molecule has 0 saturated carbocycles. The number of likely N-dealkylation sites (tertiary alicyclic amines) is 1. The Labute approximate surface area is 206 Å². The van der Waals surface area contributed by atoms with Crippen LogP contribution in [0.3, 0.4) is 0 Å². The van der Waals surface area contributed by atoms with Crippen molar-refractivity contribution in [2.45, 2.75) is 45.4 Å². The number of aliphatic hydroxyl groups is 1. The van der Waals surface area contributed by atoms with Gasteiger partial charge < -0.3 is 30.9 Å². The standard InChI is InChI=1S/C25H33N7O3/c1-5-16(2)28-21-12-18(14-26)6-7-20(21)22-13-23(33)32(17(3)29-22)15-24(34)31-10-8-19(9-11-31)30-25(35)27-4/h6-7,12-13,19,23,28,33H,2,5,8-11,15H2,1,3-4H3,(H2,27,30,35). The third-order valence-electron chi connectivity index (χ3n) is 6.20. The second-order valence-electron chi connectivity index (χ2n) is 8.59. The Bertz CT molecular complexity index is 1080. The maximum Gasteiger partial charge on any atom is 0.314 e. The van der Waals surface area contributed by atoms with E-state index < -0.39 is 6.23 Å². The van der Waals surface area contributed by atoms with E-state index >= 15 is 0 Å². The van der Waals surface area contributed by atoms with Gasteiger partial charge in [-0.2, -0.15) is 5.26 Å². The van der Waals surface area contributed by atoms with E-state index in [0.717, 1.165) is 17.7 Å². The van der Waals surface area contributed by atoms with Crippen molar-refractivity contribution >= 4 is 29.2 Å². The SMILES string of the molecule is C=C(CC)Nc1cc(C#N)ccc1C1=CC(O)N(CC(=O)N2CCC(NC(=O)NC)CC2)C(C)=N1. The number of amides is 3. The van der Waals surface area contributed by atoms with Crippen molar-refractivity contribution in [3.05, 3.63) is 47.7 Å². The van der Waals surface area contributed by atoms with Gasteiger partial charge in [0.05, 0.1) is 17.3 Å². The second kappa shape index (κ2) is 11.5. The lowest BCUT2D eigenvalue weighted by Gasteiger charge is -2.36. The number of urea groups is 1. The van der Waals surface area contributed by atoms with Crippen LogP contribution in [0.25, 0.3) is 5.70 Å². The lowest BCUT2D eigenvalue weighted by atomic mass is 10.0. The van der Waals surface area contributed by atoms with Crippen molar-refractivity contribution in [1.82, 2.24) is 20.4 Å². The molecule has 10 nitrogen and oxygen atoms in total. The number of aliphatic imine (C=N–C) groups is 1. The van der Waals surface area contributed by atoms with Crippen molar-refractivity contribution in [3.8, 4) is 6.07 Å². The first-order valence-corrected chi connectivity index (χ1v) is 11.7. The minimum absolute atomic E-state index is 0.00105. The number of aliphatic hydroxyl groups excluding tert-OH is 1. The second-order valence-corrected chi connectivity index (χ2v) is 8.59. The molecule has 1 saturated heterocycles. The van der Waals surface area contributed by atoms with E-state index in [1.165, 1.54) is 0 Å². The monoisotopic (exact) mass is 479 g/mol. The van der Waals surface area contributed by atoms with Gasteiger partial charge in [0, 0.05) is 43.1 Å². The molecule has 1 unspecified atom stereocenters. The molecule has 2 heterocycles. The fourth-order valence-corrected chi connectivity index (χ4v) is 4.05. The van der Waals surface area contributed by atoms with E-state index in [9.17, 15) is 20.0 Å². The Kier molecular flexibility index (Phi) is 8.49. The summed E-state index contributed by atoms with van der Waals surface area (Å²) in [5.74, 6) is 0.415. The van der Waals surface area contributed by atoms with Crippen molar-refractivity contribution in [2.24, 2.45) is 4.99 Å². The first-order valence-electron chi connectivity index (χ1n) is 11.7. The van der Waals surface area contributed by atoms with Crippen LogP contribution in [-0.2, 0) is 4.79 Å². The zero-order valence-electron chi connectivity index (χ0n) is 20.5. The largest absolute Gasteiger partial charge is 0.370 e. The molecule has 2 aliphatic heterocycles. The van der Waals surface area contributed by atoms with E-state index in [0.29, 0.717) is 48.7 Å². The highest BCUT2D eigenvalue weighted by molar-refractivity contribution is 5.93. The average molecular weight is 480 g/mol. The summed E-state index contributed by atoms with van der Waals surface area (Å²) in [6, 6.07) is 7.16. The minimum atomic E-state index is -1.03. The van der Waals surface area contributed by atoms with Crippen LogP contribution in [-0.4, -0.2) is 71.6 Å². The molecule has 3 rings (SSSR count). The van der Waals surface area contributed by atoms with Gasteiger partial charge in [-0.05, 0) is 50.5 Å². The summed E-state index contributed by atoms with van der Waals surface area (Å²) >= 11 is 0. The molecule has 1 aromatic rings. The third kappa shape index (κ3) is 6.39. The Hall–Kier alpha value is -3.84. The molecule has 1 aromatic carbocycles. The zero-order valence-corrected chi connectivity index (χ0v) is 20.5. The van der Waals surface area contributed by atoms with Gasteiger partial charge in [-0.15, -0.1) is 0 Å². The lowest BCUT2D eigenvalue weighted by Crippen LogP contribution is -2.52. The van der Waals surface area contributed by atoms with Gasteiger partial charge in [-0.25, -0.2) is 9.79 Å². The highest BCUT2D eigenvalue weighted by atomic mass is 16.3. The summed E-state index contributed by atoms with van der Waals surface area (Å²) < 4.78 is 0. The van der Waals surface area contributed by atoms with Gasteiger partial charge in [0.2, 0.25) is 5.91 Å². The number of hydrogen-bond acceptors (Lipinski definition) is 7. The first-order chi connectivity index (χ1) is 16.7. The van der Waals surface area contributed by atoms with Gasteiger partial charge in [0.15, 0.2) is 0 Å². The Morgan fingerprint density at radius 1 is 1.31 bits per heavy atom. The summed E-state index contributed by atoms with van der Waals surface area (Å²) in [6.07, 6.45) is 2.64. The van der Waals surface area contributed by atoms with Crippen LogP contribution < -0.4 is 16.0 Å². The fourth-order valence-electron chi connectivity index (χ4n) is 4.05. The number of amidine groups is 1. The molecule has 1 fully saturated rings. The van der Waals surface area contributed by atoms with Crippen LogP contribution in [0.5, 0.6) is 0 Å². The molecule has 186 valence electrons. The molecule has 35 heavy (non-hydrogen) atoms. The number of anilines is 1. The summed E-state index contributed by atoms with van der Waals surface area (Å²) in [7, 11) is 1.57. The van der Waals surface area contributed by atoms with Crippen LogP contribution in [0, 0.1) is 11.3 Å². The molecule has 4 N–H and O–H groups in total. The molecule has 0 aromatic heterocycles. The maximum absolute atomic E-state index is 12.9. The van der Waals surface area contributed by atoms with Crippen LogP contribution in [0.4, 0.5) is 10.5 Å². The number of benzene rings is 1. The van der Waals surface area contributed by atoms with E-state index in [-0.39, 0.29) is 24.5 Å². The number of carbonyl (C=O) groups excluding carboxylic acids is 2. The minimum Gasteiger partial charge on any atom is -0.370 e. The van der Waals surface area contributed by atoms with Crippen LogP contribution in [0.15, 0.2) is 41.5 Å². The summed E-state index contributed by atoms with van der Waals surface area (Å²) in [5.41, 5.74) is 3.26. The number of rotatable bonds is 7. The molecular weight excluding hydrogens is 446 g/mol. The third-order valence-corrected chi connectivity index (χ3v) is 6.20. The Balaban J connectivity index is 1.69. The molecule has 3 amide bonds. The molecular formula is C25H33N7O3. The van der Waals surface area contributed by atoms with Crippen LogP contribution in [0.1, 0.15) is 44.2 Å².